The summed E-state index contributed by atoms with van der Waals surface area (Å²) in [6.45, 7) is 5.43. The molecule has 3 rings (SSSR count). The normalized spacial score (nSPS) is 24.8. The summed E-state index contributed by atoms with van der Waals surface area (Å²) in [5, 5.41) is 10.6. The van der Waals surface area contributed by atoms with E-state index >= 15 is 4.39 Å². The number of aromatic amines is 1. The van der Waals surface area contributed by atoms with Crippen LogP contribution in [0.15, 0.2) is 52.2 Å². The molecule has 0 spiro atoms. The molecule has 0 saturated carbocycles. The zero-order valence-corrected chi connectivity index (χ0v) is 21.7. The van der Waals surface area contributed by atoms with Gasteiger partial charge in [0, 0.05) is 16.8 Å². The summed E-state index contributed by atoms with van der Waals surface area (Å²) in [5.74, 6) is -0.478. The number of benzene rings is 1. The summed E-state index contributed by atoms with van der Waals surface area (Å²) in [5.41, 5.74) is -4.08. The van der Waals surface area contributed by atoms with Crippen LogP contribution in [0.1, 0.15) is 40.3 Å². The third kappa shape index (κ3) is 6.68. The van der Waals surface area contributed by atoms with Gasteiger partial charge >= 0.3 is 19.8 Å². The molecule has 2 aromatic rings. The van der Waals surface area contributed by atoms with Gasteiger partial charge in [-0.15, -0.1) is 0 Å². The minimum Gasteiger partial charge on any atom is -0.462 e. The van der Waals surface area contributed by atoms with E-state index < -0.39 is 68.3 Å². The van der Waals surface area contributed by atoms with E-state index in [1.807, 2.05) is 4.98 Å². The number of carbonyl (C=O) groups is 1. The van der Waals surface area contributed by atoms with Crippen LogP contribution in [0.4, 0.5) is 4.39 Å². The van der Waals surface area contributed by atoms with Crippen molar-refractivity contribution < 1.29 is 37.7 Å². The van der Waals surface area contributed by atoms with Gasteiger partial charge in [-0.25, -0.2) is 13.7 Å². The van der Waals surface area contributed by atoms with E-state index in [1.54, 1.807) is 51.1 Å². The van der Waals surface area contributed by atoms with Crippen LogP contribution in [0.5, 0.6) is 5.75 Å². The first kappa shape index (κ1) is 28.6. The molecule has 1 aliphatic heterocycles. The maximum Gasteiger partial charge on any atom is 0.693 e. The lowest BCUT2D eigenvalue weighted by atomic mass is 9.98. The van der Waals surface area contributed by atoms with Gasteiger partial charge in [-0.2, -0.15) is 0 Å². The first-order valence-corrected chi connectivity index (χ1v) is 12.8. The Balaban J connectivity index is 1.83. The summed E-state index contributed by atoms with van der Waals surface area (Å²) >= 11 is 0. The SMILES string of the molecule is CCC(C(=O)OC(C)C)N(OC[C@H]1O[C@@H](n2ccc(=O)[nH]c2=O)[C@](C)(F)[C@@H]1O)[P+](=O)Oc1ccccc1. The number of aromatic nitrogens is 2. The number of esters is 1. The van der Waals surface area contributed by atoms with Crippen LogP contribution in [-0.4, -0.2) is 62.1 Å². The molecule has 14 heteroatoms. The molecule has 0 amide bonds. The number of hydrogen-bond donors (Lipinski definition) is 2. The van der Waals surface area contributed by atoms with Crippen molar-refractivity contribution in [1.82, 2.24) is 14.4 Å². The van der Waals surface area contributed by atoms with E-state index in [4.69, 9.17) is 18.8 Å². The topological polar surface area (TPSA) is 149 Å². The lowest BCUT2D eigenvalue weighted by molar-refractivity contribution is -0.185. The van der Waals surface area contributed by atoms with E-state index in [9.17, 15) is 24.1 Å². The second kappa shape index (κ2) is 12.1. The maximum atomic E-state index is 15.5. The van der Waals surface area contributed by atoms with E-state index in [0.29, 0.717) is 0 Å². The zero-order valence-electron chi connectivity index (χ0n) is 20.8. The molecule has 0 aliphatic carbocycles. The number of aliphatic hydroxyl groups is 1. The fraction of sp³-hybridized carbons (Fsp3) is 0.522. The predicted molar refractivity (Wildman–Crippen MR) is 129 cm³/mol. The Kier molecular flexibility index (Phi) is 9.32. The van der Waals surface area contributed by atoms with Crippen LogP contribution in [0.3, 0.4) is 0 Å². The van der Waals surface area contributed by atoms with Crippen LogP contribution >= 0.6 is 8.18 Å². The molecule has 1 saturated heterocycles. The summed E-state index contributed by atoms with van der Waals surface area (Å²) in [6.07, 6.45) is -4.02. The number of alkyl halides is 1. The molecule has 12 nitrogen and oxygen atoms in total. The van der Waals surface area contributed by atoms with Gasteiger partial charge in [-0.3, -0.25) is 24.0 Å². The van der Waals surface area contributed by atoms with Gasteiger partial charge in [-0.05, 0) is 39.3 Å². The monoisotopic (exact) mass is 542 g/mol. The number of halogens is 1. The summed E-state index contributed by atoms with van der Waals surface area (Å²) in [4.78, 5) is 44.7. The fourth-order valence-corrected chi connectivity index (χ4v) is 4.73. The smallest absolute Gasteiger partial charge is 0.462 e. The van der Waals surface area contributed by atoms with Crippen LogP contribution in [0, 0.1) is 0 Å². The number of nitrogens with one attached hydrogen (secondary N) is 1. The first-order chi connectivity index (χ1) is 17.4. The average Bonchev–Trinajstić information content (AvgIpc) is 3.05. The molecule has 1 aliphatic rings. The second-order valence-corrected chi connectivity index (χ2v) is 9.84. The van der Waals surface area contributed by atoms with Crippen molar-refractivity contribution in [3.05, 3.63) is 63.4 Å². The van der Waals surface area contributed by atoms with E-state index in [2.05, 4.69) is 0 Å². The lowest BCUT2D eigenvalue weighted by Crippen LogP contribution is -2.45. The summed E-state index contributed by atoms with van der Waals surface area (Å²) in [7, 11) is -2.81. The van der Waals surface area contributed by atoms with Gasteiger partial charge in [-0.1, -0.05) is 25.1 Å². The van der Waals surface area contributed by atoms with E-state index in [0.717, 1.165) is 28.6 Å². The molecule has 2 heterocycles. The van der Waals surface area contributed by atoms with Gasteiger partial charge in [0.05, 0.1) is 10.9 Å². The number of hydrogen-bond acceptors (Lipinski definition) is 9. The van der Waals surface area contributed by atoms with Gasteiger partial charge in [0.2, 0.25) is 0 Å². The molecule has 0 radical (unpaired) electrons. The molecular formula is C23H30FN3O9P+. The predicted octanol–water partition coefficient (Wildman–Crippen LogP) is 2.22. The minimum atomic E-state index is -2.81. The first-order valence-electron chi connectivity index (χ1n) is 11.6. The highest BCUT2D eigenvalue weighted by molar-refractivity contribution is 7.36. The zero-order chi connectivity index (χ0) is 27.3. The van der Waals surface area contributed by atoms with Crippen LogP contribution in [0.2, 0.25) is 0 Å². The molecule has 1 fully saturated rings. The number of para-hydroxylation sites is 1. The van der Waals surface area contributed by atoms with Crippen molar-refractivity contribution in [3.63, 3.8) is 0 Å². The molecule has 0 bridgehead atoms. The molecule has 6 atom stereocenters. The molecule has 1 aromatic heterocycles. The number of H-pyrrole nitrogens is 1. The number of rotatable bonds is 11. The summed E-state index contributed by atoms with van der Waals surface area (Å²) in [6, 6.07) is 8.03. The Bertz CT molecular complexity index is 1200. The summed E-state index contributed by atoms with van der Waals surface area (Å²) < 4.78 is 45.8. The quantitative estimate of drug-likeness (QED) is 0.246. The Hall–Kier alpha value is -2.96. The van der Waals surface area contributed by atoms with Crippen molar-refractivity contribution in [3.8, 4) is 5.75 Å². The van der Waals surface area contributed by atoms with Gasteiger partial charge in [0.15, 0.2) is 23.7 Å². The Morgan fingerprint density at radius 3 is 2.57 bits per heavy atom. The van der Waals surface area contributed by atoms with E-state index in [1.165, 1.54) is 0 Å². The van der Waals surface area contributed by atoms with Crippen LogP contribution in [0.25, 0.3) is 0 Å². The van der Waals surface area contributed by atoms with Gasteiger partial charge < -0.3 is 14.6 Å². The van der Waals surface area contributed by atoms with Crippen molar-refractivity contribution in [2.45, 2.75) is 70.4 Å². The number of aliphatic hydroxyl groups excluding tert-OH is 1. The third-order valence-corrected chi connectivity index (χ3v) is 6.64. The molecule has 1 aromatic carbocycles. The second-order valence-electron chi connectivity index (χ2n) is 8.79. The lowest BCUT2D eigenvalue weighted by Gasteiger charge is -2.24. The highest BCUT2D eigenvalue weighted by Gasteiger charge is 2.56. The highest BCUT2D eigenvalue weighted by Crippen LogP contribution is 2.41. The molecule has 37 heavy (non-hydrogen) atoms. The highest BCUT2D eigenvalue weighted by atomic mass is 31.1. The van der Waals surface area contributed by atoms with Gasteiger partial charge in [0.1, 0.15) is 18.8 Å². The molecule has 2 unspecified atom stereocenters. The molecular weight excluding hydrogens is 512 g/mol. The Labute approximate surface area is 212 Å². The fourth-order valence-electron chi connectivity index (χ4n) is 3.70. The molecule has 202 valence electrons. The van der Waals surface area contributed by atoms with Crippen LogP contribution < -0.4 is 15.8 Å². The average molecular weight is 542 g/mol. The van der Waals surface area contributed by atoms with Gasteiger partial charge in [0.25, 0.3) is 5.56 Å². The third-order valence-electron chi connectivity index (χ3n) is 5.56. The number of carbonyl (C=O) groups excluding carboxylic acids is 1. The number of nitrogens with zero attached hydrogens (tertiary/aromatic N) is 2. The number of ether oxygens (including phenoxy) is 2. The minimum absolute atomic E-state index is 0.120. The van der Waals surface area contributed by atoms with Crippen LogP contribution in [-0.2, 0) is 23.7 Å². The van der Waals surface area contributed by atoms with E-state index in [-0.39, 0.29) is 12.2 Å². The maximum absolute atomic E-state index is 15.5. The largest absolute Gasteiger partial charge is 0.693 e. The van der Waals surface area contributed by atoms with Crippen molar-refractivity contribution >= 4 is 14.1 Å². The Morgan fingerprint density at radius 2 is 1.97 bits per heavy atom. The number of hydroxylamine groups is 1. The van der Waals surface area contributed by atoms with Crippen molar-refractivity contribution in [2.24, 2.45) is 0 Å². The molecule has 2 N–H and O–H groups in total. The van der Waals surface area contributed by atoms with Crippen molar-refractivity contribution in [1.29, 1.82) is 0 Å². The Morgan fingerprint density at radius 1 is 1.30 bits per heavy atom. The van der Waals surface area contributed by atoms with Crippen molar-refractivity contribution in [2.75, 3.05) is 6.61 Å². The standard InChI is InChI=1S/C23H29FN3O9P/c1-5-16(20(30)34-14(2)3)27(37(32)36-15-9-7-6-8-10-15)33-13-17-19(29)23(4,24)21(35-17)26-12-11-18(28)25-22(26)31/h6-12,14,16-17,19,21,29H,5,13H2,1-4H3/p+1/t16?,17-,19-,21-,23-/m1/s1.